The molecule has 0 bridgehead atoms. The normalized spacial score (nSPS) is 10.3. The van der Waals surface area contributed by atoms with Crippen LogP contribution < -0.4 is 14.8 Å². The molecule has 2 aromatic carbocycles. The van der Waals surface area contributed by atoms with E-state index in [1.54, 1.807) is 30.3 Å². The Morgan fingerprint density at radius 2 is 1.44 bits per heavy atom. The molecule has 0 heterocycles. The van der Waals surface area contributed by atoms with Crippen LogP contribution in [0.25, 0.3) is 0 Å². The van der Waals surface area contributed by atoms with Gasteiger partial charge < -0.3 is 14.8 Å². The van der Waals surface area contributed by atoms with E-state index >= 15 is 0 Å². The van der Waals surface area contributed by atoms with E-state index in [4.69, 9.17) is 32.7 Å². The van der Waals surface area contributed by atoms with Crippen LogP contribution in [0, 0.1) is 5.92 Å². The maximum absolute atomic E-state index is 9.89. The summed E-state index contributed by atoms with van der Waals surface area (Å²) >= 11 is 11.4. The van der Waals surface area contributed by atoms with Gasteiger partial charge in [-0.2, -0.15) is 0 Å². The van der Waals surface area contributed by atoms with E-state index in [1.165, 1.54) is 0 Å². The molecule has 2 rings (SSSR count). The number of halogens is 2. The lowest BCUT2D eigenvalue weighted by Crippen LogP contribution is -2.14. The van der Waals surface area contributed by atoms with E-state index in [1.807, 2.05) is 38.2 Å². The van der Waals surface area contributed by atoms with Gasteiger partial charge in [-0.1, -0.05) is 63.4 Å². The number of allylic oxidation sites excluding steroid dienone is 1. The second-order valence-electron chi connectivity index (χ2n) is 7.68. The van der Waals surface area contributed by atoms with Crippen molar-refractivity contribution in [2.75, 3.05) is 20.2 Å². The Hall–Kier alpha value is -2.01. The quantitative estimate of drug-likeness (QED) is 0.257. The van der Waals surface area contributed by atoms with Crippen molar-refractivity contribution >= 4 is 29.5 Å². The maximum Gasteiger partial charge on any atom is 0.157 e. The Labute approximate surface area is 217 Å². The van der Waals surface area contributed by atoms with Crippen LogP contribution in [0.4, 0.5) is 0 Å². The summed E-state index contributed by atoms with van der Waals surface area (Å²) in [4.78, 5) is 9.89. The van der Waals surface area contributed by atoms with Gasteiger partial charge in [0.05, 0.1) is 6.10 Å². The molecule has 0 aliphatic heterocycles. The molecular formula is C28H43Cl2NO3. The highest BCUT2D eigenvalue weighted by Crippen LogP contribution is 2.19. The third-order valence-corrected chi connectivity index (χ3v) is 4.43. The van der Waals surface area contributed by atoms with Crippen LogP contribution in [0.5, 0.6) is 11.5 Å². The highest BCUT2D eigenvalue weighted by Gasteiger charge is 2.06. The third kappa shape index (κ3) is 21.8. The van der Waals surface area contributed by atoms with Gasteiger partial charge in [-0.05, 0) is 87.8 Å². The zero-order valence-corrected chi connectivity index (χ0v) is 23.2. The monoisotopic (exact) mass is 511 g/mol. The van der Waals surface area contributed by atoms with Crippen molar-refractivity contribution in [3.8, 4) is 11.5 Å². The number of aldehydes is 1. The molecule has 6 heteroatoms. The molecule has 1 N–H and O–H groups in total. The largest absolute Gasteiger partial charge is 0.490 e. The maximum atomic E-state index is 9.89. The Morgan fingerprint density at radius 1 is 0.971 bits per heavy atom. The molecule has 0 saturated heterocycles. The molecule has 34 heavy (non-hydrogen) atoms. The first kappa shape index (κ1) is 34.2. The van der Waals surface area contributed by atoms with Crippen LogP contribution in [0.3, 0.4) is 0 Å². The lowest BCUT2D eigenvalue weighted by atomic mass is 10.1. The first-order valence-electron chi connectivity index (χ1n) is 11.7. The first-order valence-corrected chi connectivity index (χ1v) is 12.5. The minimum absolute atomic E-state index is 0.0850. The molecule has 0 saturated carbocycles. The van der Waals surface area contributed by atoms with E-state index in [-0.39, 0.29) is 6.61 Å². The Bertz CT molecular complexity index is 719. The molecule has 0 aliphatic carbocycles. The predicted octanol–water partition coefficient (Wildman–Crippen LogP) is 8.27. The van der Waals surface area contributed by atoms with E-state index in [0.29, 0.717) is 23.2 Å². The fourth-order valence-corrected chi connectivity index (χ4v) is 2.70. The third-order valence-electron chi connectivity index (χ3n) is 3.93. The summed E-state index contributed by atoms with van der Waals surface area (Å²) in [5, 5.41) is 4.47. The van der Waals surface area contributed by atoms with Crippen LogP contribution in [0.15, 0.2) is 61.2 Å². The average molecular weight is 513 g/mol. The summed E-state index contributed by atoms with van der Waals surface area (Å²) in [6.07, 6.45) is 6.11. The molecule has 0 radical (unpaired) electrons. The standard InChI is InChI=1S/C12H17ClO.C8H7ClO2.C5H13N.C3H6/c1-3-5-11(4-2)14-12-8-6-10(13)7-9-12;9-7-1-3-8(4-2-7)11-6-5-10;1-5(2)4-6-3;1-3-2/h6-9,11H,3-5H2,1-2H3;1-5H,6H2;5-6H,4H2,1-3H3;3H,1H2,2H3. The number of carbonyl (C=O) groups excluding carboxylic acids is 1. The van der Waals surface area contributed by atoms with Gasteiger partial charge in [0.15, 0.2) is 6.29 Å². The summed E-state index contributed by atoms with van der Waals surface area (Å²) in [6, 6.07) is 14.4. The minimum atomic E-state index is 0.0850. The van der Waals surface area contributed by atoms with Crippen LogP contribution >= 0.6 is 23.2 Å². The Morgan fingerprint density at radius 3 is 1.76 bits per heavy atom. The van der Waals surface area contributed by atoms with Crippen molar-refractivity contribution in [3.63, 3.8) is 0 Å². The van der Waals surface area contributed by atoms with Gasteiger partial charge in [-0.25, -0.2) is 0 Å². The smallest absolute Gasteiger partial charge is 0.157 e. The highest BCUT2D eigenvalue weighted by atomic mass is 35.5. The van der Waals surface area contributed by atoms with Gasteiger partial charge in [-0.15, -0.1) is 6.58 Å². The van der Waals surface area contributed by atoms with Crippen molar-refractivity contribution in [2.45, 2.75) is 60.0 Å². The van der Waals surface area contributed by atoms with Crippen LogP contribution in [-0.4, -0.2) is 32.6 Å². The summed E-state index contributed by atoms with van der Waals surface area (Å²) in [5.41, 5.74) is 0. The van der Waals surface area contributed by atoms with Gasteiger partial charge in [0.2, 0.25) is 0 Å². The van der Waals surface area contributed by atoms with Gasteiger partial charge in [0.1, 0.15) is 18.1 Å². The lowest BCUT2D eigenvalue weighted by Gasteiger charge is -2.16. The van der Waals surface area contributed by atoms with Crippen molar-refractivity contribution < 1.29 is 14.3 Å². The fraction of sp³-hybridized carbons (Fsp3) is 0.464. The molecule has 0 aromatic heterocycles. The molecule has 0 fully saturated rings. The number of hydrogen-bond donors (Lipinski definition) is 1. The zero-order valence-electron chi connectivity index (χ0n) is 21.7. The fourth-order valence-electron chi connectivity index (χ4n) is 2.44. The van der Waals surface area contributed by atoms with Crippen molar-refractivity contribution in [1.29, 1.82) is 0 Å². The SMILES string of the molecule is C=CC.CCCC(CC)Oc1ccc(Cl)cc1.CNCC(C)C.O=CCOc1ccc(Cl)cc1. The second-order valence-corrected chi connectivity index (χ2v) is 8.55. The predicted molar refractivity (Wildman–Crippen MR) is 149 cm³/mol. The van der Waals surface area contributed by atoms with Crippen molar-refractivity contribution in [2.24, 2.45) is 5.92 Å². The van der Waals surface area contributed by atoms with Crippen molar-refractivity contribution in [3.05, 3.63) is 71.2 Å². The van der Waals surface area contributed by atoms with Gasteiger partial charge >= 0.3 is 0 Å². The number of nitrogens with one attached hydrogen (secondary N) is 1. The first-order chi connectivity index (χ1) is 16.3. The van der Waals surface area contributed by atoms with Gasteiger partial charge in [-0.3, -0.25) is 4.79 Å². The topological polar surface area (TPSA) is 47.6 Å². The molecule has 0 amide bonds. The highest BCUT2D eigenvalue weighted by molar-refractivity contribution is 6.30. The van der Waals surface area contributed by atoms with E-state index < -0.39 is 0 Å². The molecular weight excluding hydrogens is 469 g/mol. The van der Waals surface area contributed by atoms with Crippen LogP contribution in [0.1, 0.15) is 53.9 Å². The average Bonchev–Trinajstić information content (AvgIpc) is 2.81. The lowest BCUT2D eigenvalue weighted by molar-refractivity contribution is -0.109. The molecule has 1 atom stereocenters. The second kappa shape index (κ2) is 24.1. The van der Waals surface area contributed by atoms with Crippen molar-refractivity contribution in [1.82, 2.24) is 5.32 Å². The number of carbonyl (C=O) groups is 1. The Balaban J connectivity index is 0. The molecule has 1 unspecified atom stereocenters. The van der Waals surface area contributed by atoms with Gasteiger partial charge in [0, 0.05) is 10.0 Å². The molecule has 0 aliphatic rings. The summed E-state index contributed by atoms with van der Waals surface area (Å²) in [7, 11) is 1.97. The molecule has 2 aromatic rings. The number of benzene rings is 2. The van der Waals surface area contributed by atoms with Crippen LogP contribution in [0.2, 0.25) is 10.0 Å². The molecule has 0 spiro atoms. The number of rotatable bonds is 10. The van der Waals surface area contributed by atoms with E-state index in [0.717, 1.165) is 42.5 Å². The summed E-state index contributed by atoms with van der Waals surface area (Å²) in [6.45, 7) is 15.2. The summed E-state index contributed by atoms with van der Waals surface area (Å²) in [5.74, 6) is 2.35. The Kier molecular flexibility index (Phi) is 24.2. The number of hydrogen-bond acceptors (Lipinski definition) is 4. The summed E-state index contributed by atoms with van der Waals surface area (Å²) < 4.78 is 10.8. The zero-order chi connectivity index (χ0) is 26.2. The molecule has 192 valence electrons. The molecule has 4 nitrogen and oxygen atoms in total. The minimum Gasteiger partial charge on any atom is -0.490 e. The van der Waals surface area contributed by atoms with Crippen LogP contribution in [-0.2, 0) is 4.79 Å². The number of ether oxygens (including phenoxy) is 2. The van der Waals surface area contributed by atoms with Gasteiger partial charge in [0.25, 0.3) is 0 Å². The van der Waals surface area contributed by atoms with E-state index in [9.17, 15) is 4.79 Å². The van der Waals surface area contributed by atoms with E-state index in [2.05, 4.69) is 39.6 Å².